The smallest absolute Gasteiger partial charge is 0.191 e. The van der Waals surface area contributed by atoms with Crippen LogP contribution in [0.3, 0.4) is 0 Å². The van der Waals surface area contributed by atoms with Gasteiger partial charge in [0.1, 0.15) is 0 Å². The van der Waals surface area contributed by atoms with Crippen LogP contribution in [0.4, 0.5) is 0 Å². The Morgan fingerprint density at radius 1 is 1.03 bits per heavy atom. The Balaban J connectivity index is 1.84. The molecule has 0 spiro atoms. The molecule has 1 unspecified atom stereocenters. The summed E-state index contributed by atoms with van der Waals surface area (Å²) in [6.45, 7) is 12.5. The maximum atomic E-state index is 9.24. The van der Waals surface area contributed by atoms with Crippen molar-refractivity contribution in [3.63, 3.8) is 0 Å². The lowest BCUT2D eigenvalue weighted by Crippen LogP contribution is -2.43. The van der Waals surface area contributed by atoms with Crippen LogP contribution in [-0.2, 0) is 13.1 Å². The minimum atomic E-state index is 0.251. The summed E-state index contributed by atoms with van der Waals surface area (Å²) in [5, 5.41) is 16.0. The topological polar surface area (TPSA) is 63.1 Å². The average Bonchev–Trinajstić information content (AvgIpc) is 2.73. The third-order valence-corrected chi connectivity index (χ3v) is 5.58. The average molecular weight is 404 g/mol. The number of aliphatic hydroxyl groups excluding tert-OH is 1. The first-order valence-electron chi connectivity index (χ1n) is 11.3. The summed E-state index contributed by atoms with van der Waals surface area (Å²) >= 11 is 0. The number of nitrogens with zero attached hydrogens (tertiary/aromatic N) is 3. The Bertz CT molecular complexity index is 575. The Hall–Kier alpha value is -1.63. The zero-order valence-corrected chi connectivity index (χ0v) is 18.7. The Labute approximate surface area is 177 Å². The van der Waals surface area contributed by atoms with Gasteiger partial charge in [0.2, 0.25) is 0 Å². The highest BCUT2D eigenvalue weighted by Gasteiger charge is 2.13. The van der Waals surface area contributed by atoms with Crippen molar-refractivity contribution in [3.8, 4) is 0 Å². The van der Waals surface area contributed by atoms with E-state index in [1.807, 2.05) is 0 Å². The van der Waals surface area contributed by atoms with Crippen molar-refractivity contribution in [2.24, 2.45) is 10.9 Å². The summed E-state index contributed by atoms with van der Waals surface area (Å²) < 4.78 is 0. The summed E-state index contributed by atoms with van der Waals surface area (Å²) in [4.78, 5) is 9.66. The highest BCUT2D eigenvalue weighted by Crippen LogP contribution is 2.11. The number of benzene rings is 1. The number of likely N-dealkylation sites (N-methyl/N-ethyl adjacent to an activating group) is 1. The molecule has 1 atom stereocenters. The van der Waals surface area contributed by atoms with Gasteiger partial charge in [-0.3, -0.25) is 4.90 Å². The van der Waals surface area contributed by atoms with Crippen LogP contribution in [0.25, 0.3) is 0 Å². The highest BCUT2D eigenvalue weighted by atomic mass is 16.3. The van der Waals surface area contributed by atoms with Gasteiger partial charge in [-0.2, -0.15) is 0 Å². The molecule has 3 N–H and O–H groups in total. The van der Waals surface area contributed by atoms with Crippen LogP contribution in [0.2, 0.25) is 0 Å². The van der Waals surface area contributed by atoms with E-state index in [4.69, 9.17) is 4.99 Å². The molecule has 1 fully saturated rings. The third kappa shape index (κ3) is 9.15. The third-order valence-electron chi connectivity index (χ3n) is 5.58. The number of hydrogen-bond acceptors (Lipinski definition) is 4. The number of guanidine groups is 1. The molecule has 1 aliphatic heterocycles. The Morgan fingerprint density at radius 2 is 1.72 bits per heavy atom. The fourth-order valence-corrected chi connectivity index (χ4v) is 3.71. The van der Waals surface area contributed by atoms with E-state index in [1.54, 1.807) is 0 Å². The molecule has 0 saturated carbocycles. The van der Waals surface area contributed by atoms with Crippen molar-refractivity contribution in [2.45, 2.75) is 46.2 Å². The highest BCUT2D eigenvalue weighted by molar-refractivity contribution is 5.79. The van der Waals surface area contributed by atoms with Crippen LogP contribution in [-0.4, -0.2) is 73.8 Å². The van der Waals surface area contributed by atoms with E-state index in [0.717, 1.165) is 71.0 Å². The van der Waals surface area contributed by atoms with E-state index in [9.17, 15) is 5.11 Å². The van der Waals surface area contributed by atoms with E-state index >= 15 is 0 Å². The molecule has 164 valence electrons. The van der Waals surface area contributed by atoms with Gasteiger partial charge in [0.15, 0.2) is 5.96 Å². The molecule has 0 radical (unpaired) electrons. The molecule has 1 aromatic carbocycles. The first-order valence-corrected chi connectivity index (χ1v) is 11.3. The van der Waals surface area contributed by atoms with Crippen molar-refractivity contribution in [1.82, 2.24) is 20.4 Å². The SMILES string of the molecule is CCCC(CCO)CNC(=NCc1ccc(CN2CCN(C)CC2)cc1)NCC. The van der Waals surface area contributed by atoms with E-state index in [0.29, 0.717) is 12.5 Å². The van der Waals surface area contributed by atoms with Crippen LogP contribution < -0.4 is 10.6 Å². The molecule has 6 heteroatoms. The van der Waals surface area contributed by atoms with Crippen molar-refractivity contribution in [3.05, 3.63) is 35.4 Å². The lowest BCUT2D eigenvalue weighted by atomic mass is 10.0. The van der Waals surface area contributed by atoms with Crippen molar-refractivity contribution in [2.75, 3.05) is 52.9 Å². The van der Waals surface area contributed by atoms with E-state index in [1.165, 1.54) is 11.1 Å². The zero-order valence-electron chi connectivity index (χ0n) is 18.7. The van der Waals surface area contributed by atoms with Gasteiger partial charge >= 0.3 is 0 Å². The lowest BCUT2D eigenvalue weighted by molar-refractivity contribution is 0.148. The lowest BCUT2D eigenvalue weighted by Gasteiger charge is -2.32. The van der Waals surface area contributed by atoms with Crippen LogP contribution >= 0.6 is 0 Å². The molecule has 6 nitrogen and oxygen atoms in total. The molecule has 1 saturated heterocycles. The monoisotopic (exact) mass is 403 g/mol. The van der Waals surface area contributed by atoms with Crippen LogP contribution in [0, 0.1) is 5.92 Å². The number of hydrogen-bond donors (Lipinski definition) is 3. The first kappa shape index (κ1) is 23.6. The van der Waals surface area contributed by atoms with Crippen LogP contribution in [0.15, 0.2) is 29.3 Å². The minimum Gasteiger partial charge on any atom is -0.396 e. The van der Waals surface area contributed by atoms with Gasteiger partial charge in [0.25, 0.3) is 0 Å². The van der Waals surface area contributed by atoms with Gasteiger partial charge in [-0.1, -0.05) is 37.6 Å². The second-order valence-corrected chi connectivity index (χ2v) is 8.14. The number of nitrogens with one attached hydrogen (secondary N) is 2. The van der Waals surface area contributed by atoms with Crippen molar-refractivity contribution < 1.29 is 5.11 Å². The molecule has 1 heterocycles. The van der Waals surface area contributed by atoms with Crippen molar-refractivity contribution in [1.29, 1.82) is 0 Å². The maximum Gasteiger partial charge on any atom is 0.191 e. The maximum absolute atomic E-state index is 9.24. The van der Waals surface area contributed by atoms with Crippen LogP contribution in [0.1, 0.15) is 44.2 Å². The summed E-state index contributed by atoms with van der Waals surface area (Å²) in [6.07, 6.45) is 3.11. The number of aliphatic hydroxyl groups is 1. The van der Waals surface area contributed by atoms with Gasteiger partial charge in [-0.05, 0) is 43.9 Å². The second kappa shape index (κ2) is 13.6. The van der Waals surface area contributed by atoms with Crippen molar-refractivity contribution >= 4 is 5.96 Å². The van der Waals surface area contributed by atoms with Gasteiger partial charge in [-0.15, -0.1) is 0 Å². The van der Waals surface area contributed by atoms with Gasteiger partial charge in [0.05, 0.1) is 6.54 Å². The molecule has 0 aromatic heterocycles. The summed E-state index contributed by atoms with van der Waals surface area (Å²) in [5.41, 5.74) is 2.60. The fourth-order valence-electron chi connectivity index (χ4n) is 3.71. The van der Waals surface area contributed by atoms with Gasteiger partial charge < -0.3 is 20.6 Å². The standard InChI is InChI=1S/C23H41N5O/c1-4-6-20(11-16-29)17-25-23(24-5-2)26-18-21-7-9-22(10-8-21)19-28-14-12-27(3)13-15-28/h7-10,20,29H,4-6,11-19H2,1-3H3,(H2,24,25,26). The number of aliphatic imine (C=N–C) groups is 1. The van der Waals surface area contributed by atoms with E-state index in [2.05, 4.69) is 65.6 Å². The summed E-state index contributed by atoms with van der Waals surface area (Å²) in [6, 6.07) is 8.87. The molecule has 2 rings (SSSR count). The summed E-state index contributed by atoms with van der Waals surface area (Å²) in [5.74, 6) is 1.34. The Kier molecular flexibility index (Phi) is 11.1. The van der Waals surface area contributed by atoms with E-state index < -0.39 is 0 Å². The normalized spacial score (nSPS) is 17.3. The minimum absolute atomic E-state index is 0.251. The zero-order chi connectivity index (χ0) is 20.9. The van der Waals surface area contributed by atoms with Gasteiger partial charge in [0, 0.05) is 52.4 Å². The summed E-state index contributed by atoms with van der Waals surface area (Å²) in [7, 11) is 2.19. The number of piperazine rings is 1. The largest absolute Gasteiger partial charge is 0.396 e. The molecular formula is C23H41N5O. The quantitative estimate of drug-likeness (QED) is 0.391. The molecular weight excluding hydrogens is 362 g/mol. The first-order chi connectivity index (χ1) is 14.1. The fraction of sp³-hybridized carbons (Fsp3) is 0.696. The molecule has 0 amide bonds. The molecule has 0 aliphatic carbocycles. The predicted octanol–water partition coefficient (Wildman–Crippen LogP) is 2.29. The predicted molar refractivity (Wildman–Crippen MR) is 122 cm³/mol. The number of rotatable bonds is 11. The Morgan fingerprint density at radius 3 is 2.34 bits per heavy atom. The van der Waals surface area contributed by atoms with E-state index in [-0.39, 0.29) is 6.61 Å². The van der Waals surface area contributed by atoms with Gasteiger partial charge in [-0.25, -0.2) is 4.99 Å². The molecule has 29 heavy (non-hydrogen) atoms. The van der Waals surface area contributed by atoms with Crippen LogP contribution in [0.5, 0.6) is 0 Å². The second-order valence-electron chi connectivity index (χ2n) is 8.14. The molecule has 0 bridgehead atoms. The molecule has 1 aromatic rings. The molecule has 1 aliphatic rings.